The lowest BCUT2D eigenvalue weighted by atomic mass is 10.2. The number of hydrogen-bond donors (Lipinski definition) is 5. The van der Waals surface area contributed by atoms with E-state index in [1.807, 2.05) is 0 Å². The molecule has 0 heterocycles. The summed E-state index contributed by atoms with van der Waals surface area (Å²) in [5, 5.41) is 29.2. The molecule has 0 unspecified atom stereocenters. The van der Waals surface area contributed by atoms with Gasteiger partial charge >= 0.3 is 5.97 Å². The summed E-state index contributed by atoms with van der Waals surface area (Å²) >= 11 is 0. The third kappa shape index (κ3) is 4.97. The number of sulfonamides is 1. The minimum absolute atomic E-state index is 0.0613. The Morgan fingerprint density at radius 1 is 1.14 bits per heavy atom. The van der Waals surface area contributed by atoms with E-state index in [1.165, 1.54) is 12.1 Å². The summed E-state index contributed by atoms with van der Waals surface area (Å²) < 4.78 is 26.2. The number of benzene rings is 1. The van der Waals surface area contributed by atoms with E-state index in [9.17, 15) is 13.2 Å². The van der Waals surface area contributed by atoms with E-state index >= 15 is 0 Å². The smallest absolute Gasteiger partial charge is 0.337 e. The summed E-state index contributed by atoms with van der Waals surface area (Å²) in [6.07, 6.45) is 0.265. The van der Waals surface area contributed by atoms with Crippen molar-refractivity contribution in [3.63, 3.8) is 0 Å². The first kappa shape index (κ1) is 17.4. The van der Waals surface area contributed by atoms with Gasteiger partial charge in [0, 0.05) is 25.4 Å². The predicted molar refractivity (Wildman–Crippen MR) is 75.9 cm³/mol. The van der Waals surface area contributed by atoms with Gasteiger partial charge in [-0.3, -0.25) is 0 Å². The fourth-order valence-electron chi connectivity index (χ4n) is 1.58. The third-order valence-electron chi connectivity index (χ3n) is 2.59. The van der Waals surface area contributed by atoms with E-state index in [-0.39, 0.29) is 48.9 Å². The van der Waals surface area contributed by atoms with Crippen molar-refractivity contribution in [1.82, 2.24) is 4.72 Å². The van der Waals surface area contributed by atoms with Crippen LogP contribution in [-0.2, 0) is 10.0 Å². The number of hydrogen-bond acceptors (Lipinski definition) is 6. The number of anilines is 1. The average molecular weight is 318 g/mol. The van der Waals surface area contributed by atoms with Gasteiger partial charge in [0.05, 0.1) is 17.1 Å². The van der Waals surface area contributed by atoms with E-state index in [0.29, 0.717) is 0 Å². The van der Waals surface area contributed by atoms with Crippen LogP contribution < -0.4 is 10.0 Å². The third-order valence-corrected chi connectivity index (χ3v) is 4.04. The Morgan fingerprint density at radius 2 is 1.86 bits per heavy atom. The molecule has 0 bridgehead atoms. The van der Waals surface area contributed by atoms with Gasteiger partial charge in [0.2, 0.25) is 10.0 Å². The van der Waals surface area contributed by atoms with Crippen LogP contribution in [0.4, 0.5) is 5.69 Å². The maximum absolute atomic E-state index is 12.0. The molecule has 0 spiro atoms. The molecule has 0 aliphatic rings. The SMILES string of the molecule is O=C(O)c1cc(S(=O)(=O)NCCCO)ccc1NCCO. The Bertz CT molecular complexity index is 587. The highest BCUT2D eigenvalue weighted by molar-refractivity contribution is 7.89. The van der Waals surface area contributed by atoms with Crippen molar-refractivity contribution in [2.24, 2.45) is 0 Å². The standard InChI is InChI=1S/C12H18N2O6S/c15-6-1-4-14-21(19,20)9-2-3-11(13-5-7-16)10(8-9)12(17)18/h2-3,8,13-16H,1,4-7H2,(H,17,18). The van der Waals surface area contributed by atoms with Gasteiger partial charge in [0.1, 0.15) is 0 Å². The molecule has 0 saturated carbocycles. The maximum Gasteiger partial charge on any atom is 0.337 e. The topological polar surface area (TPSA) is 136 Å². The van der Waals surface area contributed by atoms with Crippen molar-refractivity contribution in [1.29, 1.82) is 0 Å². The Morgan fingerprint density at radius 3 is 2.43 bits per heavy atom. The van der Waals surface area contributed by atoms with Crippen LogP contribution in [0.3, 0.4) is 0 Å². The second-order valence-corrected chi connectivity index (χ2v) is 5.90. The molecule has 1 aromatic rings. The van der Waals surface area contributed by atoms with Crippen LogP contribution in [0.25, 0.3) is 0 Å². The van der Waals surface area contributed by atoms with E-state index in [2.05, 4.69) is 10.0 Å². The van der Waals surface area contributed by atoms with E-state index < -0.39 is 16.0 Å². The second kappa shape index (κ2) is 7.93. The zero-order valence-electron chi connectivity index (χ0n) is 11.2. The first-order valence-corrected chi connectivity index (χ1v) is 7.73. The number of aromatic carboxylic acids is 1. The molecule has 0 radical (unpaired) electrons. The number of nitrogens with one attached hydrogen (secondary N) is 2. The molecule has 21 heavy (non-hydrogen) atoms. The Labute approximate surface area is 122 Å². The van der Waals surface area contributed by atoms with Gasteiger partial charge in [-0.2, -0.15) is 0 Å². The summed E-state index contributed by atoms with van der Waals surface area (Å²) in [4.78, 5) is 11.0. The summed E-state index contributed by atoms with van der Waals surface area (Å²) in [7, 11) is -3.83. The lowest BCUT2D eigenvalue weighted by Crippen LogP contribution is -2.25. The molecule has 0 saturated heterocycles. The first-order valence-electron chi connectivity index (χ1n) is 6.25. The Balaban J connectivity index is 3.04. The number of carboxylic acids is 1. The van der Waals surface area contributed by atoms with Crippen LogP contribution in [0.2, 0.25) is 0 Å². The first-order chi connectivity index (χ1) is 9.92. The minimum Gasteiger partial charge on any atom is -0.478 e. The van der Waals surface area contributed by atoms with Crippen LogP contribution in [0, 0.1) is 0 Å². The van der Waals surface area contributed by atoms with Crippen LogP contribution in [0.1, 0.15) is 16.8 Å². The summed E-state index contributed by atoms with van der Waals surface area (Å²) in [5.41, 5.74) is 0.0272. The van der Waals surface area contributed by atoms with Gasteiger partial charge < -0.3 is 20.6 Å². The molecule has 0 fully saturated rings. The monoisotopic (exact) mass is 318 g/mol. The number of carboxylic acid groups (broad SMARTS) is 1. The molecule has 1 aromatic carbocycles. The number of carbonyl (C=O) groups is 1. The van der Waals surface area contributed by atoms with Gasteiger partial charge in [-0.15, -0.1) is 0 Å². The van der Waals surface area contributed by atoms with Crippen LogP contribution >= 0.6 is 0 Å². The minimum atomic E-state index is -3.83. The highest BCUT2D eigenvalue weighted by Gasteiger charge is 2.18. The molecule has 1 rings (SSSR count). The number of aliphatic hydroxyl groups excluding tert-OH is 2. The van der Waals surface area contributed by atoms with Gasteiger partial charge in [0.15, 0.2) is 0 Å². The lowest BCUT2D eigenvalue weighted by Gasteiger charge is -2.11. The van der Waals surface area contributed by atoms with Crippen LogP contribution in [-0.4, -0.2) is 56.0 Å². The average Bonchev–Trinajstić information content (AvgIpc) is 2.44. The molecule has 0 aliphatic heterocycles. The zero-order chi connectivity index (χ0) is 15.9. The molecule has 5 N–H and O–H groups in total. The van der Waals surface area contributed by atoms with Crippen LogP contribution in [0.15, 0.2) is 23.1 Å². The van der Waals surface area contributed by atoms with E-state index in [0.717, 1.165) is 6.07 Å². The molecule has 0 amide bonds. The Hall–Kier alpha value is -1.68. The zero-order valence-corrected chi connectivity index (χ0v) is 12.1. The highest BCUT2D eigenvalue weighted by atomic mass is 32.2. The quantitative estimate of drug-likeness (QED) is 0.385. The normalized spacial score (nSPS) is 11.3. The van der Waals surface area contributed by atoms with Crippen molar-refractivity contribution < 1.29 is 28.5 Å². The molecule has 0 aliphatic carbocycles. The highest BCUT2D eigenvalue weighted by Crippen LogP contribution is 2.20. The van der Waals surface area contributed by atoms with Crippen molar-refractivity contribution in [2.45, 2.75) is 11.3 Å². The molecule has 8 nitrogen and oxygen atoms in total. The van der Waals surface area contributed by atoms with E-state index in [1.54, 1.807) is 0 Å². The van der Waals surface area contributed by atoms with Gasteiger partial charge in [0.25, 0.3) is 0 Å². The second-order valence-electron chi connectivity index (χ2n) is 4.14. The summed E-state index contributed by atoms with van der Waals surface area (Å²) in [6, 6.07) is 3.65. The molecular formula is C12H18N2O6S. The molecule has 0 atom stereocenters. The number of rotatable bonds is 9. The largest absolute Gasteiger partial charge is 0.478 e. The Kier molecular flexibility index (Phi) is 6.56. The lowest BCUT2D eigenvalue weighted by molar-refractivity contribution is 0.0697. The van der Waals surface area contributed by atoms with Gasteiger partial charge in [-0.05, 0) is 24.6 Å². The fraction of sp³-hybridized carbons (Fsp3) is 0.417. The van der Waals surface area contributed by atoms with Gasteiger partial charge in [-0.25, -0.2) is 17.9 Å². The molecule has 0 aromatic heterocycles. The molecule has 118 valence electrons. The predicted octanol–water partition coefficient (Wildman–Crippen LogP) is -0.550. The molecule has 9 heteroatoms. The number of aliphatic hydroxyl groups is 2. The fourth-order valence-corrected chi connectivity index (χ4v) is 2.68. The van der Waals surface area contributed by atoms with E-state index in [4.69, 9.17) is 15.3 Å². The van der Waals surface area contributed by atoms with Crippen molar-refractivity contribution in [2.75, 3.05) is 31.6 Å². The van der Waals surface area contributed by atoms with Gasteiger partial charge in [-0.1, -0.05) is 0 Å². The van der Waals surface area contributed by atoms with Crippen molar-refractivity contribution in [3.05, 3.63) is 23.8 Å². The molecular weight excluding hydrogens is 300 g/mol. The van der Waals surface area contributed by atoms with Crippen LogP contribution in [0.5, 0.6) is 0 Å². The van der Waals surface area contributed by atoms with Crippen molar-refractivity contribution in [3.8, 4) is 0 Å². The maximum atomic E-state index is 12.0. The van der Waals surface area contributed by atoms with Crippen molar-refractivity contribution >= 4 is 21.7 Å². The summed E-state index contributed by atoms with van der Waals surface area (Å²) in [5.74, 6) is -1.28. The summed E-state index contributed by atoms with van der Waals surface area (Å²) in [6.45, 7) is -0.110.